The van der Waals surface area contributed by atoms with Crippen molar-refractivity contribution in [3.8, 4) is 6.07 Å². The molecular formula is C9H7N5. The summed E-state index contributed by atoms with van der Waals surface area (Å²) < 4.78 is 0. The Morgan fingerprint density at radius 1 is 1.57 bits per heavy atom. The molecule has 0 aliphatic heterocycles. The van der Waals surface area contributed by atoms with Crippen LogP contribution >= 0.6 is 0 Å². The van der Waals surface area contributed by atoms with Crippen LogP contribution in [0, 0.1) is 11.3 Å². The molecule has 0 aromatic carbocycles. The first-order chi connectivity index (χ1) is 6.85. The molecule has 2 rings (SSSR count). The Bertz CT molecular complexity index is 465. The number of hydrogen-bond donors (Lipinski definition) is 0. The molecule has 1 heterocycles. The number of nitriles is 1. The molecule has 5 heteroatoms. The molecule has 1 aromatic heterocycles. The summed E-state index contributed by atoms with van der Waals surface area (Å²) in [6.45, 7) is 0. The molecule has 0 radical (unpaired) electrons. The van der Waals surface area contributed by atoms with Crippen LogP contribution in [0.2, 0.25) is 0 Å². The SMILES string of the molecule is N#Cc1cc2c(nc1N=[N+]=[N-])CCC2. The van der Waals surface area contributed by atoms with E-state index in [9.17, 15) is 0 Å². The quantitative estimate of drug-likeness (QED) is 0.382. The summed E-state index contributed by atoms with van der Waals surface area (Å²) in [6.07, 6.45) is 2.94. The first-order valence-electron chi connectivity index (χ1n) is 4.33. The largest absolute Gasteiger partial charge is 0.249 e. The highest BCUT2D eigenvalue weighted by atomic mass is 15.2. The van der Waals surface area contributed by atoms with Crippen molar-refractivity contribution in [3.05, 3.63) is 33.3 Å². The molecule has 0 unspecified atom stereocenters. The van der Waals surface area contributed by atoms with Crippen molar-refractivity contribution >= 4 is 5.82 Å². The molecule has 5 nitrogen and oxygen atoms in total. The van der Waals surface area contributed by atoms with Gasteiger partial charge in [0.25, 0.3) is 0 Å². The van der Waals surface area contributed by atoms with Gasteiger partial charge in [-0.1, -0.05) is 0 Å². The van der Waals surface area contributed by atoms with Crippen LogP contribution in [0.1, 0.15) is 23.2 Å². The normalized spacial score (nSPS) is 12.8. The zero-order valence-electron chi connectivity index (χ0n) is 7.43. The Morgan fingerprint density at radius 3 is 3.14 bits per heavy atom. The summed E-state index contributed by atoms with van der Waals surface area (Å²) in [6, 6.07) is 3.76. The van der Waals surface area contributed by atoms with Crippen molar-refractivity contribution in [2.24, 2.45) is 5.11 Å². The van der Waals surface area contributed by atoms with Crippen molar-refractivity contribution in [1.82, 2.24) is 4.98 Å². The minimum absolute atomic E-state index is 0.204. The van der Waals surface area contributed by atoms with Gasteiger partial charge in [0.15, 0.2) is 0 Å². The van der Waals surface area contributed by atoms with Gasteiger partial charge in [-0.05, 0) is 41.5 Å². The third-order valence-corrected chi connectivity index (χ3v) is 2.29. The van der Waals surface area contributed by atoms with Gasteiger partial charge < -0.3 is 0 Å². The predicted octanol–water partition coefficient (Wildman–Crippen LogP) is 2.38. The second-order valence-electron chi connectivity index (χ2n) is 3.12. The third-order valence-electron chi connectivity index (χ3n) is 2.29. The lowest BCUT2D eigenvalue weighted by molar-refractivity contribution is 0.899. The number of nitrogens with zero attached hydrogens (tertiary/aromatic N) is 5. The Kier molecular flexibility index (Phi) is 2.05. The van der Waals surface area contributed by atoms with Crippen LogP contribution in [0.4, 0.5) is 5.82 Å². The van der Waals surface area contributed by atoms with Gasteiger partial charge in [-0.15, -0.1) is 0 Å². The van der Waals surface area contributed by atoms with Gasteiger partial charge in [0.2, 0.25) is 0 Å². The molecule has 0 fully saturated rings. The first kappa shape index (κ1) is 8.54. The first-order valence-corrected chi connectivity index (χ1v) is 4.33. The van der Waals surface area contributed by atoms with Gasteiger partial charge in [-0.25, -0.2) is 4.98 Å². The lowest BCUT2D eigenvalue weighted by atomic mass is 10.1. The maximum atomic E-state index is 8.80. The number of aryl methyl sites for hydroxylation is 2. The van der Waals surface area contributed by atoms with Crippen LogP contribution in [0.25, 0.3) is 10.4 Å². The van der Waals surface area contributed by atoms with E-state index in [1.54, 1.807) is 6.07 Å². The van der Waals surface area contributed by atoms with E-state index < -0.39 is 0 Å². The Morgan fingerprint density at radius 2 is 2.43 bits per heavy atom. The van der Waals surface area contributed by atoms with Crippen LogP contribution in [-0.2, 0) is 12.8 Å². The lowest BCUT2D eigenvalue weighted by Crippen LogP contribution is -1.90. The van der Waals surface area contributed by atoms with Gasteiger partial charge >= 0.3 is 0 Å². The van der Waals surface area contributed by atoms with Crippen LogP contribution in [0.3, 0.4) is 0 Å². The number of aromatic nitrogens is 1. The van der Waals surface area contributed by atoms with Crippen LogP contribution in [0.15, 0.2) is 11.2 Å². The summed E-state index contributed by atoms with van der Waals surface area (Å²) in [7, 11) is 0. The summed E-state index contributed by atoms with van der Waals surface area (Å²) in [4.78, 5) is 6.82. The van der Waals surface area contributed by atoms with Gasteiger partial charge in [-0.3, -0.25) is 0 Å². The Hall–Kier alpha value is -2.05. The van der Waals surface area contributed by atoms with Crippen molar-refractivity contribution in [2.45, 2.75) is 19.3 Å². The highest BCUT2D eigenvalue weighted by Gasteiger charge is 2.15. The third kappa shape index (κ3) is 1.28. The highest BCUT2D eigenvalue weighted by Crippen LogP contribution is 2.26. The maximum absolute atomic E-state index is 8.80. The second-order valence-corrected chi connectivity index (χ2v) is 3.12. The van der Waals surface area contributed by atoms with Gasteiger partial charge in [0.05, 0.1) is 5.56 Å². The van der Waals surface area contributed by atoms with Gasteiger partial charge in [-0.2, -0.15) is 5.26 Å². The molecular weight excluding hydrogens is 178 g/mol. The van der Waals surface area contributed by atoms with E-state index in [2.05, 4.69) is 15.0 Å². The zero-order chi connectivity index (χ0) is 9.97. The second kappa shape index (κ2) is 3.36. The fraction of sp³-hybridized carbons (Fsp3) is 0.333. The predicted molar refractivity (Wildman–Crippen MR) is 49.8 cm³/mol. The smallest absolute Gasteiger partial charge is 0.144 e. The molecule has 0 saturated heterocycles. The number of rotatable bonds is 1. The van der Waals surface area contributed by atoms with E-state index in [1.165, 1.54) is 0 Å². The monoisotopic (exact) mass is 185 g/mol. The number of hydrogen-bond acceptors (Lipinski definition) is 3. The maximum Gasteiger partial charge on any atom is 0.144 e. The van der Waals surface area contributed by atoms with Crippen LogP contribution in [-0.4, -0.2) is 4.98 Å². The van der Waals surface area contributed by atoms with E-state index in [1.807, 2.05) is 6.07 Å². The van der Waals surface area contributed by atoms with E-state index >= 15 is 0 Å². The van der Waals surface area contributed by atoms with Gasteiger partial charge in [0.1, 0.15) is 11.9 Å². The molecule has 1 aromatic rings. The molecule has 0 spiro atoms. The highest BCUT2D eigenvalue weighted by molar-refractivity contribution is 5.51. The van der Waals surface area contributed by atoms with E-state index in [4.69, 9.17) is 10.8 Å². The number of fused-ring (bicyclic) bond motifs is 1. The van der Waals surface area contributed by atoms with Crippen molar-refractivity contribution in [1.29, 1.82) is 5.26 Å². The molecule has 0 saturated carbocycles. The molecule has 0 amide bonds. The van der Waals surface area contributed by atoms with Crippen LogP contribution < -0.4 is 0 Å². The minimum Gasteiger partial charge on any atom is -0.249 e. The number of pyridine rings is 1. The summed E-state index contributed by atoms with van der Waals surface area (Å²) in [5.74, 6) is 0.204. The molecule has 1 aliphatic carbocycles. The Labute approximate surface area is 80.6 Å². The molecule has 1 aliphatic rings. The molecule has 14 heavy (non-hydrogen) atoms. The van der Waals surface area contributed by atoms with E-state index in [0.29, 0.717) is 5.56 Å². The van der Waals surface area contributed by atoms with E-state index in [-0.39, 0.29) is 5.82 Å². The van der Waals surface area contributed by atoms with Crippen molar-refractivity contribution < 1.29 is 0 Å². The lowest BCUT2D eigenvalue weighted by Gasteiger charge is -2.00. The summed E-state index contributed by atoms with van der Waals surface area (Å²) in [5, 5.41) is 12.2. The summed E-state index contributed by atoms with van der Waals surface area (Å²) >= 11 is 0. The Balaban J connectivity index is 2.61. The van der Waals surface area contributed by atoms with Crippen LogP contribution in [0.5, 0.6) is 0 Å². The van der Waals surface area contributed by atoms with Gasteiger partial charge in [0, 0.05) is 10.6 Å². The van der Waals surface area contributed by atoms with E-state index in [0.717, 1.165) is 30.5 Å². The fourth-order valence-electron chi connectivity index (χ4n) is 1.66. The topological polar surface area (TPSA) is 85.4 Å². The standard InChI is InChI=1S/C9H7N5/c10-5-7-4-6-2-1-3-8(6)12-9(7)13-14-11/h4H,1-3H2. The summed E-state index contributed by atoms with van der Waals surface area (Å²) in [5.41, 5.74) is 10.7. The molecule has 0 bridgehead atoms. The fourth-order valence-corrected chi connectivity index (χ4v) is 1.66. The molecule has 0 N–H and O–H groups in total. The van der Waals surface area contributed by atoms with Crippen molar-refractivity contribution in [2.75, 3.05) is 0 Å². The van der Waals surface area contributed by atoms with Crippen molar-refractivity contribution in [3.63, 3.8) is 0 Å². The average Bonchev–Trinajstić information content (AvgIpc) is 2.64. The number of azide groups is 1. The average molecular weight is 185 g/mol. The molecule has 0 atom stereocenters. The zero-order valence-corrected chi connectivity index (χ0v) is 7.43. The molecule has 68 valence electrons. The minimum atomic E-state index is 0.204.